The van der Waals surface area contributed by atoms with Crippen LogP contribution < -0.4 is 27.4 Å². The molecule has 9 N–H and O–H groups in total. The number of unbranched alkanes of at least 4 members (excludes halogenated alkanes) is 1. The summed E-state index contributed by atoms with van der Waals surface area (Å²) >= 11 is 5.73. The van der Waals surface area contributed by atoms with Gasteiger partial charge in [-0.2, -0.15) is 24.4 Å². The maximum atomic E-state index is 13.2. The molecule has 0 aliphatic carbocycles. The van der Waals surface area contributed by atoms with Crippen LogP contribution in [0.1, 0.15) is 31.2 Å². The Bertz CT molecular complexity index is 1080. The molecule has 2 aromatic rings. The van der Waals surface area contributed by atoms with Gasteiger partial charge in [0.1, 0.15) is 18.1 Å². The first kappa shape index (κ1) is 31.5. The second-order valence-corrected chi connectivity index (χ2v) is 10.3. The van der Waals surface area contributed by atoms with Gasteiger partial charge >= 0.3 is 5.97 Å². The van der Waals surface area contributed by atoms with Crippen molar-refractivity contribution in [1.82, 2.24) is 20.9 Å². The molecule has 0 aliphatic rings. The van der Waals surface area contributed by atoms with Crippen LogP contribution in [0, 0.1) is 0 Å². The SMILES string of the molecule is CSCCC(N)C(=O)NC(CS)C(=O)NC(CCCCN)C(=O)NC(Cc1c[nH]c2ccccc12)C(=O)O. The van der Waals surface area contributed by atoms with Crippen molar-refractivity contribution in [2.24, 2.45) is 11.5 Å². The summed E-state index contributed by atoms with van der Waals surface area (Å²) < 4.78 is 0. The van der Waals surface area contributed by atoms with E-state index in [-0.39, 0.29) is 18.6 Å². The third-order valence-corrected chi connectivity index (χ3v) is 7.09. The number of carbonyl (C=O) groups excluding carboxylic acids is 3. The van der Waals surface area contributed by atoms with E-state index < -0.39 is 47.9 Å². The van der Waals surface area contributed by atoms with Crippen LogP contribution in [0.2, 0.25) is 0 Å². The van der Waals surface area contributed by atoms with Crippen molar-refractivity contribution >= 4 is 59.0 Å². The number of hydrogen-bond acceptors (Lipinski definition) is 8. The number of aromatic amines is 1. The van der Waals surface area contributed by atoms with Gasteiger partial charge in [0.2, 0.25) is 17.7 Å². The molecule has 1 aromatic carbocycles. The van der Waals surface area contributed by atoms with E-state index in [1.165, 1.54) is 0 Å². The Morgan fingerprint density at radius 1 is 1.00 bits per heavy atom. The lowest BCUT2D eigenvalue weighted by Crippen LogP contribution is -2.57. The summed E-state index contributed by atoms with van der Waals surface area (Å²) in [5.74, 6) is -2.25. The van der Waals surface area contributed by atoms with Crippen LogP contribution in [0.3, 0.4) is 0 Å². The maximum absolute atomic E-state index is 13.2. The van der Waals surface area contributed by atoms with Gasteiger partial charge in [-0.15, -0.1) is 0 Å². The number of H-pyrrole nitrogens is 1. The van der Waals surface area contributed by atoms with Crippen molar-refractivity contribution in [2.75, 3.05) is 24.3 Å². The zero-order valence-corrected chi connectivity index (χ0v) is 23.2. The summed E-state index contributed by atoms with van der Waals surface area (Å²) in [6.07, 6.45) is 5.52. The molecule has 1 heterocycles. The second-order valence-electron chi connectivity index (χ2n) is 8.94. The lowest BCUT2D eigenvalue weighted by molar-refractivity contribution is -0.142. The third-order valence-electron chi connectivity index (χ3n) is 6.08. The Labute approximate surface area is 232 Å². The topological polar surface area (TPSA) is 192 Å². The highest BCUT2D eigenvalue weighted by Crippen LogP contribution is 2.19. The van der Waals surface area contributed by atoms with Gasteiger partial charge in [-0.3, -0.25) is 14.4 Å². The van der Waals surface area contributed by atoms with Crippen molar-refractivity contribution < 1.29 is 24.3 Å². The monoisotopic (exact) mass is 566 g/mol. The average molecular weight is 567 g/mol. The summed E-state index contributed by atoms with van der Waals surface area (Å²) in [7, 11) is 0. The van der Waals surface area contributed by atoms with E-state index in [1.54, 1.807) is 18.0 Å². The van der Waals surface area contributed by atoms with E-state index in [1.807, 2.05) is 30.5 Å². The number of para-hydroxylation sites is 1. The highest BCUT2D eigenvalue weighted by atomic mass is 32.2. The smallest absolute Gasteiger partial charge is 0.326 e. The van der Waals surface area contributed by atoms with E-state index in [0.717, 1.165) is 16.5 Å². The number of thioether (sulfide) groups is 1. The molecule has 4 unspecified atom stereocenters. The van der Waals surface area contributed by atoms with Gasteiger partial charge in [-0.25, -0.2) is 4.79 Å². The second kappa shape index (κ2) is 16.3. The molecule has 2 rings (SSSR count). The van der Waals surface area contributed by atoms with E-state index in [4.69, 9.17) is 11.5 Å². The molecule has 0 bridgehead atoms. The van der Waals surface area contributed by atoms with E-state index in [2.05, 4.69) is 33.6 Å². The van der Waals surface area contributed by atoms with Crippen LogP contribution in [0.4, 0.5) is 0 Å². The van der Waals surface area contributed by atoms with E-state index in [9.17, 15) is 24.3 Å². The number of aliphatic carboxylic acids is 1. The molecule has 0 radical (unpaired) electrons. The Morgan fingerprint density at radius 3 is 2.32 bits per heavy atom. The van der Waals surface area contributed by atoms with Gasteiger partial charge in [-0.05, 0) is 55.9 Å². The molecular formula is C25H38N6O5S2. The Hall–Kier alpha value is -2.74. The maximum Gasteiger partial charge on any atom is 0.326 e. The predicted octanol–water partition coefficient (Wildman–Crippen LogP) is 0.389. The van der Waals surface area contributed by atoms with Gasteiger partial charge in [0, 0.05) is 29.3 Å². The predicted molar refractivity (Wildman–Crippen MR) is 153 cm³/mol. The van der Waals surface area contributed by atoms with Crippen LogP contribution in [-0.4, -0.2) is 82.3 Å². The standard InChI is InChI=1S/C25H38N6O5S2/c1-38-11-9-17(27)22(32)31-21(14-37)24(34)29-19(8-4-5-10-26)23(33)30-20(25(35)36)12-15-13-28-18-7-3-2-6-16(15)18/h2-3,6-7,13,17,19-21,28,37H,4-5,8-12,14,26-27H2,1H3,(H,29,34)(H,30,33)(H,31,32)(H,35,36). The quantitative estimate of drug-likeness (QED) is 0.0995. The molecule has 0 spiro atoms. The number of nitrogens with one attached hydrogen (secondary N) is 4. The molecule has 1 aromatic heterocycles. The number of thiol groups is 1. The molecule has 0 saturated carbocycles. The number of hydrogen-bond donors (Lipinski definition) is 8. The summed E-state index contributed by atoms with van der Waals surface area (Å²) in [5, 5.41) is 18.5. The third kappa shape index (κ3) is 9.53. The largest absolute Gasteiger partial charge is 0.480 e. The van der Waals surface area contributed by atoms with Gasteiger partial charge in [0.05, 0.1) is 6.04 Å². The van der Waals surface area contributed by atoms with Crippen molar-refractivity contribution in [1.29, 1.82) is 0 Å². The van der Waals surface area contributed by atoms with Crippen LogP contribution in [0.5, 0.6) is 0 Å². The molecule has 13 heteroatoms. The van der Waals surface area contributed by atoms with Gasteiger partial charge in [0.25, 0.3) is 0 Å². The number of fused-ring (bicyclic) bond motifs is 1. The van der Waals surface area contributed by atoms with Crippen molar-refractivity contribution in [3.05, 3.63) is 36.0 Å². The number of aromatic nitrogens is 1. The minimum atomic E-state index is -1.22. The van der Waals surface area contributed by atoms with Crippen LogP contribution >= 0.6 is 24.4 Å². The summed E-state index contributed by atoms with van der Waals surface area (Å²) in [6.45, 7) is 0.407. The van der Waals surface area contributed by atoms with Crippen LogP contribution in [0.25, 0.3) is 10.9 Å². The van der Waals surface area contributed by atoms with Gasteiger partial charge in [-0.1, -0.05) is 18.2 Å². The van der Waals surface area contributed by atoms with Crippen molar-refractivity contribution in [2.45, 2.75) is 56.3 Å². The fourth-order valence-electron chi connectivity index (χ4n) is 3.88. The molecule has 11 nitrogen and oxygen atoms in total. The van der Waals surface area contributed by atoms with Gasteiger partial charge < -0.3 is 37.5 Å². The molecular weight excluding hydrogens is 528 g/mol. The normalized spacial score (nSPS) is 14.3. The lowest BCUT2D eigenvalue weighted by Gasteiger charge is -2.24. The molecule has 4 atom stereocenters. The molecule has 38 heavy (non-hydrogen) atoms. The van der Waals surface area contributed by atoms with E-state index in [0.29, 0.717) is 31.6 Å². The van der Waals surface area contributed by atoms with Crippen molar-refractivity contribution in [3.63, 3.8) is 0 Å². The number of nitrogens with two attached hydrogens (primary N) is 2. The average Bonchev–Trinajstić information content (AvgIpc) is 3.31. The minimum absolute atomic E-state index is 0.0116. The highest BCUT2D eigenvalue weighted by Gasteiger charge is 2.30. The minimum Gasteiger partial charge on any atom is -0.480 e. The Morgan fingerprint density at radius 2 is 1.66 bits per heavy atom. The Kier molecular flexibility index (Phi) is 13.5. The van der Waals surface area contributed by atoms with Crippen molar-refractivity contribution in [3.8, 4) is 0 Å². The van der Waals surface area contributed by atoms with Gasteiger partial charge in [0.15, 0.2) is 0 Å². The first-order valence-corrected chi connectivity index (χ1v) is 14.5. The number of amides is 3. The fourth-order valence-corrected chi connectivity index (χ4v) is 4.62. The number of carbonyl (C=O) groups is 4. The van der Waals surface area contributed by atoms with E-state index >= 15 is 0 Å². The summed E-state index contributed by atoms with van der Waals surface area (Å²) in [4.78, 5) is 53.7. The molecule has 0 fully saturated rings. The number of carboxylic acids is 1. The molecule has 0 saturated heterocycles. The van der Waals surface area contributed by atoms with Crippen LogP contribution in [-0.2, 0) is 25.6 Å². The molecule has 0 aliphatic heterocycles. The zero-order valence-electron chi connectivity index (χ0n) is 21.4. The lowest BCUT2D eigenvalue weighted by atomic mass is 10.0. The number of rotatable bonds is 17. The highest BCUT2D eigenvalue weighted by molar-refractivity contribution is 7.98. The summed E-state index contributed by atoms with van der Waals surface area (Å²) in [6, 6.07) is 3.43. The zero-order chi connectivity index (χ0) is 28.1. The molecule has 3 amide bonds. The fraction of sp³-hybridized carbons (Fsp3) is 0.520. The summed E-state index contributed by atoms with van der Waals surface area (Å²) in [5.41, 5.74) is 13.1. The first-order valence-electron chi connectivity index (χ1n) is 12.5. The number of benzene rings is 1. The first-order chi connectivity index (χ1) is 18.2. The number of carboxylic acid groups (broad SMARTS) is 1. The van der Waals surface area contributed by atoms with Crippen LogP contribution in [0.15, 0.2) is 30.5 Å². The molecule has 210 valence electrons. The Balaban J connectivity index is 2.11.